The van der Waals surface area contributed by atoms with Crippen molar-refractivity contribution in [2.45, 2.75) is 85.5 Å². The zero-order chi connectivity index (χ0) is 42.2. The number of fused-ring (bicyclic) bond motifs is 8. The van der Waals surface area contributed by atoms with E-state index in [-0.39, 0.29) is 66.5 Å². The van der Waals surface area contributed by atoms with Crippen LogP contribution in [-0.2, 0) is 43.2 Å². The number of hydrogen-bond donors (Lipinski definition) is 2. The van der Waals surface area contributed by atoms with Gasteiger partial charge in [0.2, 0.25) is 5.91 Å². The fraction of sp³-hybridized carbons (Fsp3) is 0.587. The summed E-state index contributed by atoms with van der Waals surface area (Å²) in [6.45, 7) is 17.9. The number of benzene rings is 1. The number of anilines is 1. The number of nitrogens with zero attached hydrogens (tertiary/aromatic N) is 6. The molecule has 320 valence electrons. The Labute approximate surface area is 357 Å². The number of ether oxygens (including phenoxy) is 2. The molecule has 2 aliphatic carbocycles. The van der Waals surface area contributed by atoms with Crippen LogP contribution in [0.25, 0.3) is 33.4 Å². The first kappa shape index (κ1) is 41.0. The highest BCUT2D eigenvalue weighted by Gasteiger charge is 2.54. The molecule has 60 heavy (non-hydrogen) atoms. The number of hydrazine groups is 1. The monoisotopic (exact) mass is 836 g/mol. The molecule has 2 amide bonds. The van der Waals surface area contributed by atoms with Gasteiger partial charge in [-0.15, -0.1) is 11.3 Å². The molecule has 4 aromatic rings. The normalized spacial score (nSPS) is 28.5. The lowest BCUT2D eigenvalue weighted by Gasteiger charge is -2.35. The number of hydrogen-bond acceptors (Lipinski definition) is 11. The van der Waals surface area contributed by atoms with Gasteiger partial charge in [-0.1, -0.05) is 33.8 Å². The van der Waals surface area contributed by atoms with Gasteiger partial charge in [0, 0.05) is 91.5 Å². The number of aromatic nitrogens is 3. The maximum atomic E-state index is 14.4. The van der Waals surface area contributed by atoms with Crippen LogP contribution in [0.4, 0.5) is 5.69 Å². The molecule has 2 saturated heterocycles. The second-order valence-electron chi connectivity index (χ2n) is 18.9. The Bertz CT molecular complexity index is 2310. The lowest BCUT2D eigenvalue weighted by molar-refractivity contribution is -0.156. The van der Waals surface area contributed by atoms with Crippen molar-refractivity contribution < 1.29 is 23.9 Å². The Kier molecular flexibility index (Phi) is 10.8. The smallest absolute Gasteiger partial charge is 0.325 e. The van der Waals surface area contributed by atoms with E-state index in [1.165, 1.54) is 11.3 Å². The number of nitrogens with one attached hydrogen (secondary N) is 2. The highest BCUT2D eigenvalue weighted by Crippen LogP contribution is 2.47. The molecular weight excluding hydrogens is 777 g/mol. The van der Waals surface area contributed by atoms with Gasteiger partial charge in [0.25, 0.3) is 5.91 Å². The Morgan fingerprint density at radius 2 is 1.90 bits per heavy atom. The summed E-state index contributed by atoms with van der Waals surface area (Å²) < 4.78 is 14.6. The molecule has 3 aromatic heterocycles. The zero-order valence-electron chi connectivity index (χ0n) is 36.3. The van der Waals surface area contributed by atoms with E-state index in [9.17, 15) is 14.4 Å². The first-order valence-electron chi connectivity index (χ1n) is 21.9. The molecule has 3 aliphatic heterocycles. The second kappa shape index (κ2) is 15.8. The predicted molar refractivity (Wildman–Crippen MR) is 233 cm³/mol. The van der Waals surface area contributed by atoms with Crippen molar-refractivity contribution in [3.8, 4) is 22.5 Å². The summed E-state index contributed by atoms with van der Waals surface area (Å²) in [5.74, 6) is 0.0173. The molecule has 6 bridgehead atoms. The number of thiazole rings is 1. The largest absolute Gasteiger partial charge is 0.464 e. The van der Waals surface area contributed by atoms with Crippen LogP contribution in [0.3, 0.4) is 0 Å². The van der Waals surface area contributed by atoms with E-state index >= 15 is 0 Å². The van der Waals surface area contributed by atoms with Crippen LogP contribution in [0.2, 0.25) is 0 Å². The van der Waals surface area contributed by atoms with Gasteiger partial charge >= 0.3 is 5.97 Å². The van der Waals surface area contributed by atoms with Gasteiger partial charge in [0.1, 0.15) is 12.1 Å². The fourth-order valence-corrected chi connectivity index (χ4v) is 10.8. The number of likely N-dealkylation sites (N-methyl/N-ethyl adjacent to an activating group) is 1. The number of methoxy groups -OCH3 is 1. The minimum absolute atomic E-state index is 0.103. The van der Waals surface area contributed by atoms with Gasteiger partial charge in [0.15, 0.2) is 0 Å². The van der Waals surface area contributed by atoms with Crippen LogP contribution in [0.15, 0.2) is 35.8 Å². The quantitative estimate of drug-likeness (QED) is 0.223. The summed E-state index contributed by atoms with van der Waals surface area (Å²) in [7, 11) is 3.90. The number of amides is 2. The van der Waals surface area contributed by atoms with Crippen LogP contribution in [0.5, 0.6) is 0 Å². The topological polar surface area (TPSA) is 134 Å². The highest BCUT2D eigenvalue weighted by molar-refractivity contribution is 7.10. The van der Waals surface area contributed by atoms with Gasteiger partial charge in [-0.05, 0) is 81.2 Å². The first-order chi connectivity index (χ1) is 28.7. The summed E-state index contributed by atoms with van der Waals surface area (Å²) >= 11 is 1.50. The van der Waals surface area contributed by atoms with Crippen LogP contribution in [-0.4, -0.2) is 108 Å². The molecule has 2 unspecified atom stereocenters. The molecule has 0 radical (unpaired) electrons. The van der Waals surface area contributed by atoms with Crippen molar-refractivity contribution in [2.75, 3.05) is 58.4 Å². The number of cyclic esters (lactones) is 1. The van der Waals surface area contributed by atoms with E-state index in [0.717, 1.165) is 94.5 Å². The highest BCUT2D eigenvalue weighted by atomic mass is 32.1. The molecule has 8 atom stereocenters. The van der Waals surface area contributed by atoms with E-state index in [4.69, 9.17) is 19.4 Å². The molecule has 1 aromatic carbocycles. The molecule has 9 rings (SSSR count). The van der Waals surface area contributed by atoms with E-state index < -0.39 is 17.5 Å². The first-order valence-corrected chi connectivity index (χ1v) is 22.7. The number of aryl methyl sites for hydroxylation is 1. The molecule has 13 nitrogen and oxygen atoms in total. The van der Waals surface area contributed by atoms with Gasteiger partial charge in [-0.3, -0.25) is 24.4 Å². The Balaban J connectivity index is 1.17. The van der Waals surface area contributed by atoms with E-state index in [1.807, 2.05) is 6.20 Å². The number of carbonyl (C=O) groups is 3. The summed E-state index contributed by atoms with van der Waals surface area (Å²) in [6.07, 6.45) is 3.46. The molecule has 6 heterocycles. The van der Waals surface area contributed by atoms with Crippen LogP contribution >= 0.6 is 11.3 Å². The molecular formula is C46H60N8O5S. The number of rotatable bonds is 7. The predicted octanol–water partition coefficient (Wildman–Crippen LogP) is 5.71. The Morgan fingerprint density at radius 3 is 2.62 bits per heavy atom. The van der Waals surface area contributed by atoms with Gasteiger partial charge in [-0.2, -0.15) is 0 Å². The lowest BCUT2D eigenvalue weighted by atomic mass is 9.84. The number of pyridine rings is 1. The van der Waals surface area contributed by atoms with Crippen molar-refractivity contribution in [2.24, 2.45) is 35.0 Å². The number of carbonyl (C=O) groups excluding carboxylic acids is 3. The van der Waals surface area contributed by atoms with E-state index in [2.05, 4.69) is 103 Å². The maximum Gasteiger partial charge on any atom is 0.325 e. The summed E-state index contributed by atoms with van der Waals surface area (Å²) in [6, 6.07) is 7.40. The Morgan fingerprint density at radius 1 is 1.13 bits per heavy atom. The molecule has 2 saturated carbocycles. The third-order valence-corrected chi connectivity index (χ3v) is 15.0. The standard InChI is InChI=1S/C46H60N8O5S/c1-9-53-37-11-10-28-16-32(37)34(42(53)33-18-30(21-47-40(33)27(4)58-8)52-14-12-51(7)13-15-52)20-46(5,6)24-59-45(57)41-31-17-29(31)22-54(50-41)44(56)35(19-38-48-36(28)23-60-38)49-43(55)39-25(2)26(39)3/h10-11,16,18,21,23,25-27,29,31,35,39,41,50H,9,12-15,17,19-20,22,24H2,1-8H3,(H,49,55)/t25-,26+,27-,29-,31-,35-,39?,41?/m0/s1. The molecule has 0 spiro atoms. The third kappa shape index (κ3) is 7.62. The molecule has 5 aliphatic rings. The van der Waals surface area contributed by atoms with Crippen molar-refractivity contribution in [1.82, 2.24) is 35.2 Å². The van der Waals surface area contributed by atoms with E-state index in [0.29, 0.717) is 13.0 Å². The summed E-state index contributed by atoms with van der Waals surface area (Å²) in [4.78, 5) is 57.0. The minimum atomic E-state index is -0.831. The van der Waals surface area contributed by atoms with Gasteiger partial charge in [-0.25, -0.2) is 10.4 Å². The van der Waals surface area contributed by atoms with Gasteiger partial charge in [0.05, 0.1) is 46.7 Å². The van der Waals surface area contributed by atoms with Crippen molar-refractivity contribution >= 4 is 45.7 Å². The van der Waals surface area contributed by atoms with Crippen LogP contribution in [0.1, 0.15) is 70.3 Å². The van der Waals surface area contributed by atoms with Crippen molar-refractivity contribution in [1.29, 1.82) is 0 Å². The molecule has 14 heteroatoms. The summed E-state index contributed by atoms with van der Waals surface area (Å²) in [5.41, 5.74) is 11.0. The van der Waals surface area contributed by atoms with Crippen molar-refractivity contribution in [3.05, 3.63) is 52.1 Å². The van der Waals surface area contributed by atoms with E-state index in [1.54, 1.807) is 12.1 Å². The maximum absolute atomic E-state index is 14.4. The van der Waals surface area contributed by atoms with Gasteiger partial charge < -0.3 is 29.2 Å². The Hall–Kier alpha value is -4.37. The SMILES string of the molecule is CCn1c(-c2cc(N3CCN(C)CC3)cnc2[C@H](C)OC)c2c3cc(ccc31)-c1csc(n1)C[C@H](NC(=O)C1[C@@H](C)[C@H]1C)C(=O)N1C[C@@H]3C[C@@H]3C(N1)C(=O)OCC(C)(C)C2. The van der Waals surface area contributed by atoms with Crippen LogP contribution < -0.4 is 15.6 Å². The molecule has 4 fully saturated rings. The number of esters is 1. The lowest BCUT2D eigenvalue weighted by Crippen LogP contribution is -2.61. The fourth-order valence-electron chi connectivity index (χ4n) is 9.94. The average molecular weight is 837 g/mol. The minimum Gasteiger partial charge on any atom is -0.464 e. The zero-order valence-corrected chi connectivity index (χ0v) is 37.1. The van der Waals surface area contributed by atoms with Crippen LogP contribution in [0, 0.1) is 35.0 Å². The summed E-state index contributed by atoms with van der Waals surface area (Å²) in [5, 5.41) is 8.61. The average Bonchev–Trinajstić information content (AvgIpc) is 4.04. The molecule has 2 N–H and O–H groups in total. The van der Waals surface area contributed by atoms with Crippen molar-refractivity contribution in [3.63, 3.8) is 0 Å². The second-order valence-corrected chi connectivity index (χ2v) is 19.8. The number of piperazine rings is 1. The third-order valence-electron chi connectivity index (χ3n) is 14.1.